The highest BCUT2D eigenvalue weighted by atomic mass is 19.1. The lowest BCUT2D eigenvalue weighted by atomic mass is 10.1. The summed E-state index contributed by atoms with van der Waals surface area (Å²) < 4.78 is 12.8. The number of likely N-dealkylation sites (N-methyl/N-ethyl adjacent to an activating group) is 1. The third kappa shape index (κ3) is 7.73. The summed E-state index contributed by atoms with van der Waals surface area (Å²) in [5, 5.41) is 4.93. The van der Waals surface area contributed by atoms with E-state index in [2.05, 4.69) is 24.5 Å². The number of carbonyl (C=O) groups is 2. The molecule has 0 aliphatic heterocycles. The van der Waals surface area contributed by atoms with Gasteiger partial charge in [0.25, 0.3) is 0 Å². The molecule has 0 saturated heterocycles. The average molecular weight is 309 g/mol. The van der Waals surface area contributed by atoms with Crippen molar-refractivity contribution in [3.05, 3.63) is 35.6 Å². The Balaban J connectivity index is 2.28. The first-order chi connectivity index (χ1) is 10.4. The Hall–Kier alpha value is -1.95. The van der Waals surface area contributed by atoms with Gasteiger partial charge in [0.15, 0.2) is 0 Å². The van der Waals surface area contributed by atoms with Crippen molar-refractivity contribution < 1.29 is 14.0 Å². The molecule has 0 bridgehead atoms. The van der Waals surface area contributed by atoms with Crippen LogP contribution in [0.15, 0.2) is 24.3 Å². The van der Waals surface area contributed by atoms with Crippen LogP contribution in [0.25, 0.3) is 0 Å². The Labute approximate surface area is 130 Å². The van der Waals surface area contributed by atoms with E-state index in [1.54, 1.807) is 24.1 Å². The molecule has 3 amide bonds. The number of nitrogens with zero attached hydrogens (tertiary/aromatic N) is 1. The molecule has 0 saturated carbocycles. The van der Waals surface area contributed by atoms with Crippen LogP contribution < -0.4 is 10.6 Å². The van der Waals surface area contributed by atoms with Crippen molar-refractivity contribution in [2.45, 2.75) is 26.8 Å². The predicted octanol–water partition coefficient (Wildman–Crippen LogP) is 2.13. The van der Waals surface area contributed by atoms with Gasteiger partial charge in [-0.2, -0.15) is 0 Å². The van der Waals surface area contributed by atoms with Gasteiger partial charge in [0.1, 0.15) is 5.82 Å². The minimum Gasteiger partial charge on any atom is -0.338 e. The Morgan fingerprint density at radius 3 is 2.45 bits per heavy atom. The molecule has 6 heteroatoms. The maximum atomic E-state index is 12.8. The second kappa shape index (κ2) is 9.15. The number of nitrogens with one attached hydrogen (secondary N) is 2. The molecule has 0 fully saturated rings. The third-order valence-electron chi connectivity index (χ3n) is 3.04. The van der Waals surface area contributed by atoms with Gasteiger partial charge in [-0.3, -0.25) is 15.0 Å². The summed E-state index contributed by atoms with van der Waals surface area (Å²) >= 11 is 0. The molecule has 1 rings (SSSR count). The molecule has 0 aromatic heterocycles. The number of amides is 3. The van der Waals surface area contributed by atoms with Gasteiger partial charge in [-0.15, -0.1) is 0 Å². The summed E-state index contributed by atoms with van der Waals surface area (Å²) in [4.78, 5) is 25.0. The number of carbonyl (C=O) groups excluding carboxylic acids is 2. The molecule has 0 aliphatic carbocycles. The van der Waals surface area contributed by atoms with E-state index < -0.39 is 6.03 Å². The molecule has 122 valence electrons. The molecular weight excluding hydrogens is 285 g/mol. The maximum absolute atomic E-state index is 12.8. The Bertz CT molecular complexity index is 489. The monoisotopic (exact) mass is 309 g/mol. The van der Waals surface area contributed by atoms with Crippen molar-refractivity contribution in [1.29, 1.82) is 0 Å². The molecule has 0 spiro atoms. The normalized spacial score (nSPS) is 10.8. The summed E-state index contributed by atoms with van der Waals surface area (Å²) in [5.41, 5.74) is 0.901. The number of rotatable bonds is 7. The number of hydrogen-bond donors (Lipinski definition) is 2. The van der Waals surface area contributed by atoms with Crippen LogP contribution in [0.5, 0.6) is 0 Å². The molecule has 1 aromatic rings. The minimum absolute atomic E-state index is 0.0922. The topological polar surface area (TPSA) is 61.4 Å². The standard InChI is InChI=1S/C16H24FN3O2/c1-12(2)8-9-18-16(22)19-15(21)11-20(3)10-13-4-6-14(17)7-5-13/h4-7,12H,8-11H2,1-3H3,(H2,18,19,21,22). The van der Waals surface area contributed by atoms with Gasteiger partial charge in [0.2, 0.25) is 5.91 Å². The zero-order chi connectivity index (χ0) is 16.5. The summed E-state index contributed by atoms with van der Waals surface area (Å²) in [6.07, 6.45) is 0.867. The smallest absolute Gasteiger partial charge is 0.321 e. The lowest BCUT2D eigenvalue weighted by Crippen LogP contribution is -2.44. The first-order valence-electron chi connectivity index (χ1n) is 7.37. The maximum Gasteiger partial charge on any atom is 0.321 e. The van der Waals surface area contributed by atoms with Gasteiger partial charge < -0.3 is 5.32 Å². The van der Waals surface area contributed by atoms with Crippen LogP contribution in [0.1, 0.15) is 25.8 Å². The average Bonchev–Trinajstić information content (AvgIpc) is 2.40. The molecule has 0 aliphatic rings. The van der Waals surface area contributed by atoms with Crippen LogP contribution >= 0.6 is 0 Å². The van der Waals surface area contributed by atoms with Crippen LogP contribution in [0.3, 0.4) is 0 Å². The fourth-order valence-corrected chi connectivity index (χ4v) is 1.89. The van der Waals surface area contributed by atoms with E-state index in [4.69, 9.17) is 0 Å². The Morgan fingerprint density at radius 1 is 1.23 bits per heavy atom. The molecule has 0 heterocycles. The zero-order valence-electron chi connectivity index (χ0n) is 13.4. The molecule has 5 nitrogen and oxygen atoms in total. The Kier molecular flexibility index (Phi) is 7.52. The first-order valence-corrected chi connectivity index (χ1v) is 7.37. The van der Waals surface area contributed by atoms with E-state index in [9.17, 15) is 14.0 Å². The highest BCUT2D eigenvalue weighted by Crippen LogP contribution is 2.05. The summed E-state index contributed by atoms with van der Waals surface area (Å²) in [5.74, 6) is -0.160. The lowest BCUT2D eigenvalue weighted by Gasteiger charge is -2.16. The number of benzene rings is 1. The van der Waals surface area contributed by atoms with Gasteiger partial charge in [0, 0.05) is 13.1 Å². The molecule has 22 heavy (non-hydrogen) atoms. The van der Waals surface area contributed by atoms with E-state index in [1.807, 2.05) is 0 Å². The van der Waals surface area contributed by atoms with E-state index in [-0.39, 0.29) is 18.3 Å². The van der Waals surface area contributed by atoms with E-state index in [1.165, 1.54) is 12.1 Å². The number of hydrogen-bond acceptors (Lipinski definition) is 3. The van der Waals surface area contributed by atoms with Gasteiger partial charge in [-0.1, -0.05) is 26.0 Å². The van der Waals surface area contributed by atoms with Gasteiger partial charge in [-0.25, -0.2) is 9.18 Å². The lowest BCUT2D eigenvalue weighted by molar-refractivity contribution is -0.120. The largest absolute Gasteiger partial charge is 0.338 e. The van der Waals surface area contributed by atoms with E-state index in [0.29, 0.717) is 19.0 Å². The molecule has 2 N–H and O–H groups in total. The Morgan fingerprint density at radius 2 is 1.86 bits per heavy atom. The van der Waals surface area contributed by atoms with E-state index in [0.717, 1.165) is 12.0 Å². The second-order valence-corrected chi connectivity index (χ2v) is 5.79. The number of urea groups is 1. The zero-order valence-corrected chi connectivity index (χ0v) is 13.4. The number of imide groups is 1. The molecular formula is C16H24FN3O2. The van der Waals surface area contributed by atoms with Crippen molar-refractivity contribution in [3.63, 3.8) is 0 Å². The van der Waals surface area contributed by atoms with Crippen molar-refractivity contribution in [3.8, 4) is 0 Å². The summed E-state index contributed by atoms with van der Waals surface area (Å²) in [7, 11) is 1.76. The fraction of sp³-hybridized carbons (Fsp3) is 0.500. The highest BCUT2D eigenvalue weighted by Gasteiger charge is 2.10. The molecule has 0 radical (unpaired) electrons. The highest BCUT2D eigenvalue weighted by molar-refractivity contribution is 5.95. The first kappa shape index (κ1) is 18.1. The van der Waals surface area contributed by atoms with Crippen LogP contribution in [0.2, 0.25) is 0 Å². The van der Waals surface area contributed by atoms with Crippen LogP contribution in [0.4, 0.5) is 9.18 Å². The minimum atomic E-state index is -0.471. The van der Waals surface area contributed by atoms with Crippen molar-refractivity contribution >= 4 is 11.9 Å². The quantitative estimate of drug-likeness (QED) is 0.811. The molecule has 0 atom stereocenters. The SMILES string of the molecule is CC(C)CCNC(=O)NC(=O)CN(C)Cc1ccc(F)cc1. The molecule has 0 unspecified atom stereocenters. The van der Waals surface area contributed by atoms with Gasteiger partial charge >= 0.3 is 6.03 Å². The van der Waals surface area contributed by atoms with E-state index >= 15 is 0 Å². The molecule has 1 aromatic carbocycles. The van der Waals surface area contributed by atoms with Gasteiger partial charge in [-0.05, 0) is 37.1 Å². The van der Waals surface area contributed by atoms with Crippen LogP contribution in [0, 0.1) is 11.7 Å². The van der Waals surface area contributed by atoms with Crippen LogP contribution in [-0.4, -0.2) is 37.0 Å². The number of halogens is 1. The third-order valence-corrected chi connectivity index (χ3v) is 3.04. The van der Waals surface area contributed by atoms with Crippen LogP contribution in [-0.2, 0) is 11.3 Å². The van der Waals surface area contributed by atoms with Crippen molar-refractivity contribution in [2.75, 3.05) is 20.1 Å². The predicted molar refractivity (Wildman–Crippen MR) is 83.7 cm³/mol. The van der Waals surface area contributed by atoms with Gasteiger partial charge in [0.05, 0.1) is 6.54 Å². The second-order valence-electron chi connectivity index (χ2n) is 5.79. The van der Waals surface area contributed by atoms with Crippen molar-refractivity contribution in [2.24, 2.45) is 5.92 Å². The summed E-state index contributed by atoms with van der Waals surface area (Å²) in [6.45, 7) is 5.27. The summed E-state index contributed by atoms with van der Waals surface area (Å²) in [6, 6.07) is 5.63. The van der Waals surface area contributed by atoms with Crippen molar-refractivity contribution in [1.82, 2.24) is 15.5 Å². The fourth-order valence-electron chi connectivity index (χ4n) is 1.89.